The average Bonchev–Trinajstić information content (AvgIpc) is 2.74. The fourth-order valence-electron chi connectivity index (χ4n) is 2.97. The lowest BCUT2D eigenvalue weighted by Gasteiger charge is -2.32. The summed E-state index contributed by atoms with van der Waals surface area (Å²) in [4.78, 5) is 11.7. The summed E-state index contributed by atoms with van der Waals surface area (Å²) in [5.41, 5.74) is 0.687. The van der Waals surface area contributed by atoms with E-state index in [0.717, 1.165) is 10.0 Å². The highest BCUT2D eigenvalue weighted by atomic mass is 79.9. The Morgan fingerprint density at radius 3 is 2.63 bits per heavy atom. The molecule has 0 radical (unpaired) electrons. The number of hydrogen-bond donors (Lipinski definition) is 1. The normalized spacial score (nSPS) is 12.9. The van der Waals surface area contributed by atoms with Crippen molar-refractivity contribution in [1.29, 1.82) is 0 Å². The highest BCUT2D eigenvalue weighted by Gasteiger charge is 2.30. The van der Waals surface area contributed by atoms with Crippen molar-refractivity contribution in [2.24, 2.45) is 0 Å². The van der Waals surface area contributed by atoms with Gasteiger partial charge >= 0.3 is 5.97 Å². The maximum atomic E-state index is 14.7. The average molecular weight is 500 g/mol. The third kappa shape index (κ3) is 6.62. The second-order valence-electron chi connectivity index (χ2n) is 6.79. The molecule has 30 heavy (non-hydrogen) atoms. The Hall–Kier alpha value is -1.77. The number of esters is 1. The summed E-state index contributed by atoms with van der Waals surface area (Å²) in [7, 11) is 3.20. The minimum atomic E-state index is -0.740. The molecule has 0 saturated heterocycles. The molecule has 0 amide bonds. The van der Waals surface area contributed by atoms with Gasteiger partial charge in [-0.3, -0.25) is 4.79 Å². The summed E-state index contributed by atoms with van der Waals surface area (Å²) in [6.07, 6.45) is 0. The summed E-state index contributed by atoms with van der Waals surface area (Å²) >= 11 is 4.82. The lowest BCUT2D eigenvalue weighted by atomic mass is 9.93. The summed E-state index contributed by atoms with van der Waals surface area (Å²) in [6.45, 7) is 4.47. The molecule has 1 atom stereocenters. The van der Waals surface area contributed by atoms with E-state index in [4.69, 9.17) is 14.2 Å². The number of carbonyl (C=O) groups is 1. The molecule has 2 aromatic carbocycles. The highest BCUT2D eigenvalue weighted by molar-refractivity contribution is 9.10. The third-order valence-corrected chi connectivity index (χ3v) is 6.32. The molecular formula is C22H27BrFNO4S. The molecular weight excluding hydrogens is 473 g/mol. The van der Waals surface area contributed by atoms with Gasteiger partial charge in [0.25, 0.3) is 0 Å². The zero-order chi connectivity index (χ0) is 22.1. The van der Waals surface area contributed by atoms with E-state index in [1.165, 1.54) is 17.8 Å². The van der Waals surface area contributed by atoms with Crippen molar-refractivity contribution in [2.75, 3.05) is 32.3 Å². The van der Waals surface area contributed by atoms with Crippen LogP contribution in [0, 0.1) is 5.82 Å². The van der Waals surface area contributed by atoms with Gasteiger partial charge in [0.05, 0.1) is 32.1 Å². The van der Waals surface area contributed by atoms with Crippen LogP contribution in [0.25, 0.3) is 0 Å². The molecule has 2 rings (SSSR count). The van der Waals surface area contributed by atoms with Gasteiger partial charge < -0.3 is 19.5 Å². The first-order valence-corrected chi connectivity index (χ1v) is 11.4. The van der Waals surface area contributed by atoms with Crippen LogP contribution in [-0.2, 0) is 21.6 Å². The maximum Gasteiger partial charge on any atom is 0.315 e. The molecule has 0 aliphatic rings. The molecule has 0 unspecified atom stereocenters. The van der Waals surface area contributed by atoms with E-state index >= 15 is 0 Å². The van der Waals surface area contributed by atoms with Crippen LogP contribution in [0.5, 0.6) is 11.5 Å². The van der Waals surface area contributed by atoms with Gasteiger partial charge in [0.1, 0.15) is 17.3 Å². The molecule has 0 fully saturated rings. The lowest BCUT2D eigenvalue weighted by molar-refractivity contribution is -0.139. The first-order valence-electron chi connectivity index (χ1n) is 9.47. The number of rotatable bonds is 11. The van der Waals surface area contributed by atoms with Crippen molar-refractivity contribution in [3.63, 3.8) is 0 Å². The van der Waals surface area contributed by atoms with E-state index in [9.17, 15) is 9.18 Å². The van der Waals surface area contributed by atoms with Gasteiger partial charge in [0.15, 0.2) is 0 Å². The van der Waals surface area contributed by atoms with Crippen LogP contribution in [-0.4, -0.2) is 38.3 Å². The monoisotopic (exact) mass is 499 g/mol. The zero-order valence-electron chi connectivity index (χ0n) is 17.6. The number of ether oxygens (including phenoxy) is 3. The summed E-state index contributed by atoms with van der Waals surface area (Å²) < 4.78 is 31.2. The third-order valence-electron chi connectivity index (χ3n) is 4.60. The Balaban J connectivity index is 2.25. The lowest BCUT2D eigenvalue weighted by Crippen LogP contribution is -2.42. The largest absolute Gasteiger partial charge is 0.497 e. The van der Waals surface area contributed by atoms with E-state index in [0.29, 0.717) is 36.0 Å². The van der Waals surface area contributed by atoms with Crippen LogP contribution in [0.3, 0.4) is 0 Å². The quantitative estimate of drug-likeness (QED) is 0.443. The molecule has 1 N–H and O–H groups in total. The molecule has 0 saturated carbocycles. The molecule has 0 heterocycles. The topological polar surface area (TPSA) is 56.8 Å². The van der Waals surface area contributed by atoms with E-state index < -0.39 is 5.54 Å². The van der Waals surface area contributed by atoms with E-state index in [-0.39, 0.29) is 17.5 Å². The van der Waals surface area contributed by atoms with Gasteiger partial charge in [-0.05, 0) is 38.1 Å². The van der Waals surface area contributed by atoms with Gasteiger partial charge in [0, 0.05) is 34.0 Å². The molecule has 0 aromatic heterocycles. The summed E-state index contributed by atoms with van der Waals surface area (Å²) in [5, 5.41) is 3.46. The second-order valence-corrected chi connectivity index (χ2v) is 8.69. The number of hydrogen-bond acceptors (Lipinski definition) is 6. The van der Waals surface area contributed by atoms with Gasteiger partial charge in [-0.15, -0.1) is 11.8 Å². The zero-order valence-corrected chi connectivity index (χ0v) is 20.0. The SMILES string of the molecule is CCOC(=O)CSC[C@](C)(NCc1ccc(OC)cc1OC)c1cc(Br)ccc1F. The van der Waals surface area contributed by atoms with E-state index in [1.807, 2.05) is 25.1 Å². The maximum absolute atomic E-state index is 14.7. The molecule has 0 aliphatic heterocycles. The molecule has 0 spiro atoms. The molecule has 0 aliphatic carbocycles. The fraction of sp³-hybridized carbons (Fsp3) is 0.409. The van der Waals surface area contributed by atoms with Crippen molar-refractivity contribution in [3.05, 3.63) is 57.8 Å². The number of nitrogens with one attached hydrogen (secondary N) is 1. The van der Waals surface area contributed by atoms with Crippen LogP contribution in [0.15, 0.2) is 40.9 Å². The molecule has 2 aromatic rings. The number of thioether (sulfide) groups is 1. The Morgan fingerprint density at radius 2 is 1.97 bits per heavy atom. The van der Waals surface area contributed by atoms with E-state index in [2.05, 4.69) is 21.2 Å². The van der Waals surface area contributed by atoms with Crippen molar-refractivity contribution in [3.8, 4) is 11.5 Å². The van der Waals surface area contributed by atoms with Crippen molar-refractivity contribution in [2.45, 2.75) is 25.9 Å². The second kappa shape index (κ2) is 11.6. The van der Waals surface area contributed by atoms with Crippen LogP contribution in [0.2, 0.25) is 0 Å². The molecule has 0 bridgehead atoms. The van der Waals surface area contributed by atoms with Crippen molar-refractivity contribution < 1.29 is 23.4 Å². The van der Waals surface area contributed by atoms with Gasteiger partial charge in [-0.2, -0.15) is 0 Å². The first kappa shape index (κ1) is 24.5. The summed E-state index contributed by atoms with van der Waals surface area (Å²) in [6, 6.07) is 10.4. The van der Waals surface area contributed by atoms with Crippen LogP contribution in [0.4, 0.5) is 4.39 Å². The smallest absolute Gasteiger partial charge is 0.315 e. The van der Waals surface area contributed by atoms with Crippen LogP contribution >= 0.6 is 27.7 Å². The predicted octanol–water partition coefficient (Wildman–Crippen LogP) is 4.91. The number of methoxy groups -OCH3 is 2. The Kier molecular flexibility index (Phi) is 9.45. The molecule has 5 nitrogen and oxygen atoms in total. The van der Waals surface area contributed by atoms with Crippen molar-refractivity contribution >= 4 is 33.7 Å². The van der Waals surface area contributed by atoms with Gasteiger partial charge in [-0.25, -0.2) is 4.39 Å². The number of halogens is 2. The minimum Gasteiger partial charge on any atom is -0.497 e. The predicted molar refractivity (Wildman–Crippen MR) is 122 cm³/mol. The van der Waals surface area contributed by atoms with Crippen molar-refractivity contribution in [1.82, 2.24) is 5.32 Å². The molecule has 164 valence electrons. The summed E-state index contributed by atoms with van der Waals surface area (Å²) in [5.74, 6) is 1.45. The standard InChI is InChI=1S/C22H27BrFNO4S/c1-5-29-21(26)13-30-14-22(2,18-10-16(23)7-9-19(18)24)25-12-15-6-8-17(27-3)11-20(15)28-4/h6-11,25H,5,12-14H2,1-4H3/t22-/m0/s1. The number of benzene rings is 2. The van der Waals surface area contributed by atoms with Crippen LogP contribution < -0.4 is 14.8 Å². The van der Waals surface area contributed by atoms with E-state index in [1.54, 1.807) is 33.3 Å². The number of carbonyl (C=O) groups excluding carboxylic acids is 1. The first-order chi connectivity index (χ1) is 14.3. The van der Waals surface area contributed by atoms with Crippen LogP contribution in [0.1, 0.15) is 25.0 Å². The van der Waals surface area contributed by atoms with Gasteiger partial charge in [0.2, 0.25) is 0 Å². The Morgan fingerprint density at radius 1 is 1.20 bits per heavy atom. The Bertz CT molecular complexity index is 867. The van der Waals surface area contributed by atoms with Gasteiger partial charge in [-0.1, -0.05) is 22.0 Å². The highest BCUT2D eigenvalue weighted by Crippen LogP contribution is 2.32. The Labute approximate surface area is 189 Å². The fourth-order valence-corrected chi connectivity index (χ4v) is 4.35. The minimum absolute atomic E-state index is 0.201. The molecule has 8 heteroatoms.